The summed E-state index contributed by atoms with van der Waals surface area (Å²) in [6.07, 6.45) is 1.81. The van der Waals surface area contributed by atoms with Crippen LogP contribution in [-0.2, 0) is 20.7 Å². The van der Waals surface area contributed by atoms with E-state index in [1.807, 2.05) is 6.92 Å². The van der Waals surface area contributed by atoms with Gasteiger partial charge in [-0.15, -0.1) is 11.3 Å². The van der Waals surface area contributed by atoms with Crippen molar-refractivity contribution in [2.45, 2.75) is 52.2 Å². The Bertz CT molecular complexity index is 921. The normalized spacial score (nSPS) is 25.5. The fraction of sp³-hybridized carbons (Fsp3) is 0.500. The number of hydrogen-bond acceptors (Lipinski definition) is 5. The Morgan fingerprint density at radius 2 is 1.86 bits per heavy atom. The number of ether oxygens (including phenoxy) is 1. The minimum Gasteiger partial charge on any atom is -0.481 e. The molecule has 4 atom stereocenters. The van der Waals surface area contributed by atoms with Crippen molar-refractivity contribution in [2.75, 3.05) is 5.32 Å². The van der Waals surface area contributed by atoms with Crippen LogP contribution in [0, 0.1) is 24.7 Å². The van der Waals surface area contributed by atoms with Gasteiger partial charge in [0.05, 0.1) is 29.7 Å². The molecule has 7 heteroatoms. The number of thiazole rings is 1. The molecular formula is C22H26N2O4S. The molecule has 3 heterocycles. The fourth-order valence-electron chi connectivity index (χ4n) is 4.50. The SMILES string of the molecule is Cc1sc(NC(=O)[C@H]2[C@@H](C(=O)O)[C@@H]3CC[C@H]2O3)nc1-c1ccc(CC(C)C)cc1. The topological polar surface area (TPSA) is 88.5 Å². The lowest BCUT2D eigenvalue weighted by Crippen LogP contribution is -2.40. The zero-order valence-corrected chi connectivity index (χ0v) is 17.7. The predicted octanol–water partition coefficient (Wildman–Crippen LogP) is 4.13. The molecule has 2 aromatic rings. The van der Waals surface area contributed by atoms with Gasteiger partial charge in [0.2, 0.25) is 5.91 Å². The monoisotopic (exact) mass is 414 g/mol. The number of aliphatic carboxylic acids is 1. The van der Waals surface area contributed by atoms with Crippen LogP contribution in [0.4, 0.5) is 5.13 Å². The van der Waals surface area contributed by atoms with Crippen LogP contribution in [0.2, 0.25) is 0 Å². The van der Waals surface area contributed by atoms with Crippen molar-refractivity contribution in [3.05, 3.63) is 34.7 Å². The second kappa shape index (κ2) is 7.88. The van der Waals surface area contributed by atoms with E-state index in [0.717, 1.165) is 29.0 Å². The third-order valence-corrected chi connectivity index (χ3v) is 6.65. The molecule has 2 aliphatic rings. The molecule has 2 aliphatic heterocycles. The minimum absolute atomic E-state index is 0.308. The summed E-state index contributed by atoms with van der Waals surface area (Å²) in [5, 5.41) is 12.9. The van der Waals surface area contributed by atoms with E-state index in [1.165, 1.54) is 16.9 Å². The minimum atomic E-state index is -0.963. The molecule has 1 amide bonds. The summed E-state index contributed by atoms with van der Waals surface area (Å²) in [6, 6.07) is 8.37. The molecule has 29 heavy (non-hydrogen) atoms. The number of carboxylic acids is 1. The summed E-state index contributed by atoms with van der Waals surface area (Å²) in [4.78, 5) is 30.1. The molecule has 2 fully saturated rings. The lowest BCUT2D eigenvalue weighted by atomic mass is 9.79. The first-order chi connectivity index (χ1) is 13.8. The average molecular weight is 415 g/mol. The molecule has 1 aromatic carbocycles. The molecule has 0 unspecified atom stereocenters. The highest BCUT2D eigenvalue weighted by Crippen LogP contribution is 2.44. The van der Waals surface area contributed by atoms with Crippen molar-refractivity contribution in [1.82, 2.24) is 4.98 Å². The number of carboxylic acid groups (broad SMARTS) is 1. The van der Waals surface area contributed by atoms with E-state index in [2.05, 4.69) is 48.4 Å². The number of nitrogens with one attached hydrogen (secondary N) is 1. The summed E-state index contributed by atoms with van der Waals surface area (Å²) >= 11 is 1.41. The summed E-state index contributed by atoms with van der Waals surface area (Å²) in [7, 11) is 0. The Kier molecular flexibility index (Phi) is 5.44. The van der Waals surface area contributed by atoms with E-state index in [-0.39, 0.29) is 18.1 Å². The molecule has 0 saturated carbocycles. The van der Waals surface area contributed by atoms with Gasteiger partial charge in [-0.25, -0.2) is 4.98 Å². The molecule has 0 radical (unpaired) electrons. The number of aryl methyl sites for hydroxylation is 1. The number of nitrogens with zero attached hydrogens (tertiary/aromatic N) is 1. The third kappa shape index (κ3) is 3.94. The molecule has 2 N–H and O–H groups in total. The number of benzene rings is 1. The van der Waals surface area contributed by atoms with Gasteiger partial charge in [-0.3, -0.25) is 9.59 Å². The van der Waals surface area contributed by atoms with Gasteiger partial charge in [0, 0.05) is 10.4 Å². The van der Waals surface area contributed by atoms with Gasteiger partial charge in [-0.1, -0.05) is 38.1 Å². The first kappa shape index (κ1) is 20.0. The summed E-state index contributed by atoms with van der Waals surface area (Å²) in [5.74, 6) is -2.10. The van der Waals surface area contributed by atoms with E-state index < -0.39 is 17.8 Å². The average Bonchev–Trinajstić information content (AvgIpc) is 3.36. The Balaban J connectivity index is 1.49. The first-order valence-corrected chi connectivity index (χ1v) is 10.9. The predicted molar refractivity (Wildman–Crippen MR) is 112 cm³/mol. The summed E-state index contributed by atoms with van der Waals surface area (Å²) in [6.45, 7) is 6.37. The van der Waals surface area contributed by atoms with Crippen molar-refractivity contribution in [3.63, 3.8) is 0 Å². The zero-order valence-electron chi connectivity index (χ0n) is 16.8. The molecule has 154 valence electrons. The van der Waals surface area contributed by atoms with Crippen LogP contribution in [0.5, 0.6) is 0 Å². The third-order valence-electron chi connectivity index (χ3n) is 5.76. The number of anilines is 1. The van der Waals surface area contributed by atoms with Gasteiger partial charge in [0.1, 0.15) is 0 Å². The van der Waals surface area contributed by atoms with Gasteiger partial charge >= 0.3 is 5.97 Å². The van der Waals surface area contributed by atoms with Crippen molar-refractivity contribution in [3.8, 4) is 11.3 Å². The Morgan fingerprint density at radius 3 is 2.48 bits per heavy atom. The maximum Gasteiger partial charge on any atom is 0.310 e. The van der Waals surface area contributed by atoms with E-state index in [0.29, 0.717) is 17.5 Å². The smallest absolute Gasteiger partial charge is 0.310 e. The zero-order chi connectivity index (χ0) is 20.7. The number of amides is 1. The van der Waals surface area contributed by atoms with Crippen LogP contribution in [-0.4, -0.2) is 34.2 Å². The van der Waals surface area contributed by atoms with Crippen LogP contribution in [0.3, 0.4) is 0 Å². The van der Waals surface area contributed by atoms with E-state index in [1.54, 1.807) is 0 Å². The highest BCUT2D eigenvalue weighted by molar-refractivity contribution is 7.16. The van der Waals surface area contributed by atoms with Gasteiger partial charge in [-0.05, 0) is 37.7 Å². The van der Waals surface area contributed by atoms with Crippen LogP contribution in [0.1, 0.15) is 37.1 Å². The molecule has 6 nitrogen and oxygen atoms in total. The quantitative estimate of drug-likeness (QED) is 0.742. The van der Waals surface area contributed by atoms with Gasteiger partial charge in [0.15, 0.2) is 5.13 Å². The van der Waals surface area contributed by atoms with Gasteiger partial charge < -0.3 is 15.2 Å². The highest BCUT2D eigenvalue weighted by atomic mass is 32.1. The number of rotatable bonds is 6. The standard InChI is InChI=1S/C22H26N2O4S/c1-11(2)10-13-4-6-14(7-5-13)19-12(3)29-22(23-19)24-20(25)17-15-8-9-16(28-15)18(17)21(26)27/h4-7,11,15-18H,8-10H2,1-3H3,(H,26,27)(H,23,24,25)/t15-,16+,17-,18+/m1/s1. The fourth-order valence-corrected chi connectivity index (χ4v) is 5.34. The number of carbonyl (C=O) groups is 2. The molecule has 2 saturated heterocycles. The van der Waals surface area contributed by atoms with Crippen molar-refractivity contribution in [2.24, 2.45) is 17.8 Å². The lowest BCUT2D eigenvalue weighted by Gasteiger charge is -2.23. The molecule has 1 aromatic heterocycles. The maximum atomic E-state index is 12.8. The summed E-state index contributed by atoms with van der Waals surface area (Å²) in [5.41, 5.74) is 3.15. The van der Waals surface area contributed by atoms with E-state index in [4.69, 9.17) is 4.74 Å². The van der Waals surface area contributed by atoms with Crippen LogP contribution >= 0.6 is 11.3 Å². The Morgan fingerprint density at radius 1 is 1.21 bits per heavy atom. The van der Waals surface area contributed by atoms with Crippen LogP contribution in [0.15, 0.2) is 24.3 Å². The van der Waals surface area contributed by atoms with Gasteiger partial charge in [-0.2, -0.15) is 0 Å². The molecule has 0 aliphatic carbocycles. The first-order valence-electron chi connectivity index (χ1n) is 10.1. The van der Waals surface area contributed by atoms with Crippen molar-refractivity contribution < 1.29 is 19.4 Å². The highest BCUT2D eigenvalue weighted by Gasteiger charge is 2.55. The second-order valence-corrected chi connectivity index (χ2v) is 9.59. The second-order valence-electron chi connectivity index (χ2n) is 8.39. The molecule has 0 spiro atoms. The Labute approximate surface area is 174 Å². The van der Waals surface area contributed by atoms with E-state index in [9.17, 15) is 14.7 Å². The van der Waals surface area contributed by atoms with Crippen molar-refractivity contribution >= 4 is 28.3 Å². The molecule has 2 bridgehead atoms. The van der Waals surface area contributed by atoms with Crippen LogP contribution in [0.25, 0.3) is 11.3 Å². The maximum absolute atomic E-state index is 12.8. The van der Waals surface area contributed by atoms with E-state index >= 15 is 0 Å². The van der Waals surface area contributed by atoms with Crippen LogP contribution < -0.4 is 5.32 Å². The molecular weight excluding hydrogens is 388 g/mol. The molecule has 4 rings (SSSR count). The lowest BCUT2D eigenvalue weighted by molar-refractivity contribution is -0.147. The number of hydrogen-bond donors (Lipinski definition) is 2. The number of fused-ring (bicyclic) bond motifs is 2. The van der Waals surface area contributed by atoms with Crippen molar-refractivity contribution in [1.29, 1.82) is 0 Å². The Hall–Kier alpha value is -2.25. The summed E-state index contributed by atoms with van der Waals surface area (Å²) < 4.78 is 5.70. The number of aromatic nitrogens is 1. The van der Waals surface area contributed by atoms with Gasteiger partial charge in [0.25, 0.3) is 0 Å². The number of carbonyl (C=O) groups excluding carboxylic acids is 1. The largest absolute Gasteiger partial charge is 0.481 e.